The van der Waals surface area contributed by atoms with E-state index in [-0.39, 0.29) is 0 Å². The van der Waals surface area contributed by atoms with E-state index < -0.39 is 0 Å². The zero-order valence-corrected chi connectivity index (χ0v) is 7.18. The van der Waals surface area contributed by atoms with E-state index in [1.165, 1.54) is 25.7 Å². The molecular formula is C9H17NO. The third-order valence-corrected chi connectivity index (χ3v) is 3.15. The van der Waals surface area contributed by atoms with Crippen LogP contribution in [-0.2, 0) is 4.74 Å². The first kappa shape index (κ1) is 7.56. The van der Waals surface area contributed by atoms with E-state index in [1.54, 1.807) is 0 Å². The van der Waals surface area contributed by atoms with Crippen molar-refractivity contribution in [3.05, 3.63) is 0 Å². The molecular weight excluding hydrogens is 138 g/mol. The molecule has 0 spiro atoms. The van der Waals surface area contributed by atoms with Crippen molar-refractivity contribution in [3.63, 3.8) is 0 Å². The average molecular weight is 155 g/mol. The first-order valence-corrected chi connectivity index (χ1v) is 4.70. The Bertz CT molecular complexity index is 138. The summed E-state index contributed by atoms with van der Waals surface area (Å²) in [5, 5.41) is 3.40. The topological polar surface area (TPSA) is 21.3 Å². The third-order valence-electron chi connectivity index (χ3n) is 3.15. The van der Waals surface area contributed by atoms with Crippen molar-refractivity contribution < 1.29 is 4.74 Å². The van der Waals surface area contributed by atoms with Gasteiger partial charge in [0.15, 0.2) is 0 Å². The Kier molecular flexibility index (Phi) is 2.14. The summed E-state index contributed by atoms with van der Waals surface area (Å²) in [5.74, 6) is 0.814. The Balaban J connectivity index is 2.00. The Hall–Kier alpha value is -0.0800. The first-order valence-electron chi connectivity index (χ1n) is 4.70. The highest BCUT2D eigenvalue weighted by Gasteiger charge is 2.36. The Morgan fingerprint density at radius 2 is 2.18 bits per heavy atom. The largest absolute Gasteiger partial charge is 0.378 e. The fraction of sp³-hybridized carbons (Fsp3) is 1.00. The minimum absolute atomic E-state index is 0.584. The van der Waals surface area contributed by atoms with Gasteiger partial charge in [-0.05, 0) is 32.7 Å². The number of rotatable bonds is 1. The van der Waals surface area contributed by atoms with Gasteiger partial charge in [0, 0.05) is 18.6 Å². The Morgan fingerprint density at radius 1 is 1.27 bits per heavy atom. The van der Waals surface area contributed by atoms with Crippen LogP contribution in [0.15, 0.2) is 0 Å². The van der Waals surface area contributed by atoms with Gasteiger partial charge in [-0.25, -0.2) is 0 Å². The van der Waals surface area contributed by atoms with Crippen molar-refractivity contribution in [3.8, 4) is 0 Å². The van der Waals surface area contributed by atoms with E-state index in [0.29, 0.717) is 6.10 Å². The summed E-state index contributed by atoms with van der Waals surface area (Å²) < 4.78 is 5.65. The molecule has 0 amide bonds. The summed E-state index contributed by atoms with van der Waals surface area (Å²) in [6.45, 7) is 0.994. The van der Waals surface area contributed by atoms with Gasteiger partial charge in [0.05, 0.1) is 6.10 Å². The summed E-state index contributed by atoms with van der Waals surface area (Å²) in [5.41, 5.74) is 0. The molecule has 1 aliphatic carbocycles. The van der Waals surface area contributed by atoms with Crippen molar-refractivity contribution >= 4 is 0 Å². The summed E-state index contributed by atoms with van der Waals surface area (Å²) in [7, 11) is 2.07. The minimum atomic E-state index is 0.584. The van der Waals surface area contributed by atoms with Crippen LogP contribution >= 0.6 is 0 Å². The van der Waals surface area contributed by atoms with Crippen LogP contribution in [0.25, 0.3) is 0 Å². The number of hydrogen-bond acceptors (Lipinski definition) is 2. The van der Waals surface area contributed by atoms with Gasteiger partial charge in [0.1, 0.15) is 0 Å². The maximum absolute atomic E-state index is 5.65. The molecule has 1 N–H and O–H groups in total. The van der Waals surface area contributed by atoms with Crippen LogP contribution in [0.2, 0.25) is 0 Å². The Labute approximate surface area is 68.3 Å². The van der Waals surface area contributed by atoms with Crippen molar-refractivity contribution in [2.45, 2.75) is 37.8 Å². The molecule has 0 aromatic carbocycles. The van der Waals surface area contributed by atoms with Gasteiger partial charge in [-0.1, -0.05) is 0 Å². The standard InChI is InChI=1S/C9H17NO/c1-10-8-3-2-4-9-7(8)5-6-11-9/h7-10H,2-6H2,1H3/t7-,8+,9-/m1/s1. The molecule has 1 aliphatic heterocycles. The molecule has 2 heteroatoms. The smallest absolute Gasteiger partial charge is 0.0619 e. The molecule has 0 bridgehead atoms. The first-order chi connectivity index (χ1) is 5.42. The summed E-state index contributed by atoms with van der Waals surface area (Å²) >= 11 is 0. The van der Waals surface area contributed by atoms with E-state index in [4.69, 9.17) is 4.74 Å². The number of nitrogens with one attached hydrogen (secondary N) is 1. The average Bonchev–Trinajstić information content (AvgIpc) is 2.50. The lowest BCUT2D eigenvalue weighted by molar-refractivity contribution is 0.0546. The van der Waals surface area contributed by atoms with Crippen molar-refractivity contribution in [1.82, 2.24) is 5.32 Å². The fourth-order valence-corrected chi connectivity index (χ4v) is 2.53. The molecule has 64 valence electrons. The zero-order chi connectivity index (χ0) is 7.68. The molecule has 0 radical (unpaired) electrons. The van der Waals surface area contributed by atoms with Gasteiger partial charge in [-0.2, -0.15) is 0 Å². The van der Waals surface area contributed by atoms with Crippen LogP contribution in [0.3, 0.4) is 0 Å². The number of ether oxygens (including phenoxy) is 1. The van der Waals surface area contributed by atoms with Crippen molar-refractivity contribution in [1.29, 1.82) is 0 Å². The lowest BCUT2D eigenvalue weighted by Gasteiger charge is -2.32. The van der Waals surface area contributed by atoms with E-state index >= 15 is 0 Å². The highest BCUT2D eigenvalue weighted by atomic mass is 16.5. The van der Waals surface area contributed by atoms with Gasteiger partial charge in [-0.3, -0.25) is 0 Å². The van der Waals surface area contributed by atoms with Crippen LogP contribution in [-0.4, -0.2) is 25.8 Å². The Morgan fingerprint density at radius 3 is 3.00 bits per heavy atom. The van der Waals surface area contributed by atoms with Crippen molar-refractivity contribution in [2.24, 2.45) is 5.92 Å². The van der Waals surface area contributed by atoms with Crippen molar-refractivity contribution in [2.75, 3.05) is 13.7 Å². The van der Waals surface area contributed by atoms with E-state index in [0.717, 1.165) is 18.6 Å². The third kappa shape index (κ3) is 1.30. The van der Waals surface area contributed by atoms with Gasteiger partial charge in [-0.15, -0.1) is 0 Å². The predicted octanol–water partition coefficient (Wildman–Crippen LogP) is 1.16. The normalized spacial score (nSPS) is 43.9. The minimum Gasteiger partial charge on any atom is -0.378 e. The number of hydrogen-bond donors (Lipinski definition) is 1. The summed E-state index contributed by atoms with van der Waals surface area (Å²) in [6, 6.07) is 0.733. The molecule has 3 atom stereocenters. The molecule has 2 fully saturated rings. The number of fused-ring (bicyclic) bond motifs is 1. The monoisotopic (exact) mass is 155 g/mol. The molecule has 2 aliphatic rings. The quantitative estimate of drug-likeness (QED) is 0.613. The molecule has 0 unspecified atom stereocenters. The molecule has 1 saturated heterocycles. The van der Waals surface area contributed by atoms with Gasteiger partial charge in [0.25, 0.3) is 0 Å². The van der Waals surface area contributed by atoms with E-state index in [1.807, 2.05) is 0 Å². The van der Waals surface area contributed by atoms with Crippen LogP contribution in [0, 0.1) is 5.92 Å². The highest BCUT2D eigenvalue weighted by molar-refractivity contribution is 4.89. The summed E-state index contributed by atoms with van der Waals surface area (Å²) in [6.07, 6.45) is 5.84. The SMILES string of the molecule is CN[C@H]1CCC[C@H]2OCC[C@H]12. The maximum atomic E-state index is 5.65. The lowest BCUT2D eigenvalue weighted by atomic mass is 9.82. The molecule has 1 heterocycles. The van der Waals surface area contributed by atoms with Gasteiger partial charge >= 0.3 is 0 Å². The van der Waals surface area contributed by atoms with Gasteiger partial charge < -0.3 is 10.1 Å². The maximum Gasteiger partial charge on any atom is 0.0619 e. The van der Waals surface area contributed by atoms with Crippen LogP contribution in [0.4, 0.5) is 0 Å². The second-order valence-electron chi connectivity index (χ2n) is 3.69. The van der Waals surface area contributed by atoms with Crippen LogP contribution in [0.1, 0.15) is 25.7 Å². The molecule has 0 aromatic heterocycles. The lowest BCUT2D eigenvalue weighted by Crippen LogP contribution is -2.41. The second-order valence-corrected chi connectivity index (χ2v) is 3.69. The van der Waals surface area contributed by atoms with Gasteiger partial charge in [0.2, 0.25) is 0 Å². The van der Waals surface area contributed by atoms with Crippen LogP contribution in [0.5, 0.6) is 0 Å². The molecule has 2 rings (SSSR count). The second kappa shape index (κ2) is 3.11. The predicted molar refractivity (Wildman–Crippen MR) is 44.5 cm³/mol. The van der Waals surface area contributed by atoms with Crippen LogP contribution < -0.4 is 5.32 Å². The highest BCUT2D eigenvalue weighted by Crippen LogP contribution is 2.33. The van der Waals surface area contributed by atoms with E-state index in [2.05, 4.69) is 12.4 Å². The molecule has 2 nitrogen and oxygen atoms in total. The van der Waals surface area contributed by atoms with E-state index in [9.17, 15) is 0 Å². The fourth-order valence-electron chi connectivity index (χ4n) is 2.53. The summed E-state index contributed by atoms with van der Waals surface area (Å²) in [4.78, 5) is 0. The molecule has 11 heavy (non-hydrogen) atoms. The molecule has 1 saturated carbocycles. The zero-order valence-electron chi connectivity index (χ0n) is 7.18. The molecule has 0 aromatic rings.